The fraction of sp³-hybridized carbons (Fsp3) is 0.167. The van der Waals surface area contributed by atoms with Crippen LogP contribution >= 0.6 is 0 Å². The molecule has 1 unspecified atom stereocenters. The van der Waals surface area contributed by atoms with Gasteiger partial charge in [0.05, 0.1) is 11.0 Å². The lowest BCUT2D eigenvalue weighted by Crippen LogP contribution is -2.25. The number of hydrogen-bond donors (Lipinski definition) is 3. The number of tetrazole rings is 1. The van der Waals surface area contributed by atoms with Crippen LogP contribution < -0.4 is 11.0 Å². The van der Waals surface area contributed by atoms with E-state index >= 15 is 0 Å². The summed E-state index contributed by atoms with van der Waals surface area (Å²) in [6, 6.07) is 12.2. The fourth-order valence-electron chi connectivity index (χ4n) is 2.67. The molecule has 9 heteroatoms. The molecule has 27 heavy (non-hydrogen) atoms. The molecular formula is C18H17N7O2. The molecule has 136 valence electrons. The minimum absolute atomic E-state index is 0.292. The van der Waals surface area contributed by atoms with Crippen molar-refractivity contribution in [1.29, 1.82) is 0 Å². The normalized spacial score (nSPS) is 12.2. The van der Waals surface area contributed by atoms with Crippen LogP contribution in [0.4, 0.5) is 5.69 Å². The fourth-order valence-corrected chi connectivity index (χ4v) is 2.67. The van der Waals surface area contributed by atoms with Gasteiger partial charge >= 0.3 is 5.69 Å². The van der Waals surface area contributed by atoms with Crippen LogP contribution in [0.15, 0.2) is 47.3 Å². The minimum atomic E-state index is -0.655. The molecule has 0 fully saturated rings. The van der Waals surface area contributed by atoms with Crippen LogP contribution in [-0.4, -0.2) is 36.1 Å². The third-order valence-electron chi connectivity index (χ3n) is 4.25. The van der Waals surface area contributed by atoms with Crippen molar-refractivity contribution in [3.63, 3.8) is 0 Å². The van der Waals surface area contributed by atoms with Crippen molar-refractivity contribution in [3.8, 4) is 11.4 Å². The van der Waals surface area contributed by atoms with E-state index in [1.165, 1.54) is 4.80 Å². The summed E-state index contributed by atoms with van der Waals surface area (Å²) in [4.78, 5) is 30.4. The molecular weight excluding hydrogens is 346 g/mol. The van der Waals surface area contributed by atoms with Crippen LogP contribution in [-0.2, 0) is 4.79 Å². The standard InChI is InChI=1S/C18H17N7O2/c1-10-3-5-12(6-4-10)16-22-24-25(23-16)11(2)17(26)19-13-7-8-14-15(9-13)21-18(27)20-14/h3-9,11H,1-2H3,(H,19,26)(H2,20,21,27). The highest BCUT2D eigenvalue weighted by Gasteiger charge is 2.19. The number of aromatic amines is 2. The number of rotatable bonds is 4. The SMILES string of the molecule is Cc1ccc(-c2nnn(C(C)C(=O)Nc3ccc4[nH]c(=O)[nH]c4c3)n2)cc1. The largest absolute Gasteiger partial charge is 0.324 e. The smallest absolute Gasteiger partial charge is 0.323 e. The number of H-pyrrole nitrogens is 2. The van der Waals surface area contributed by atoms with Crippen molar-refractivity contribution in [2.75, 3.05) is 5.32 Å². The number of nitrogens with zero attached hydrogens (tertiary/aromatic N) is 4. The van der Waals surface area contributed by atoms with Gasteiger partial charge in [0.15, 0.2) is 0 Å². The second-order valence-corrected chi connectivity index (χ2v) is 6.30. The monoisotopic (exact) mass is 363 g/mol. The Morgan fingerprint density at radius 2 is 1.85 bits per heavy atom. The Morgan fingerprint density at radius 1 is 1.11 bits per heavy atom. The van der Waals surface area contributed by atoms with Gasteiger partial charge in [0.1, 0.15) is 6.04 Å². The maximum Gasteiger partial charge on any atom is 0.323 e. The molecule has 0 radical (unpaired) electrons. The Labute approximate surface area is 153 Å². The van der Waals surface area contributed by atoms with E-state index in [4.69, 9.17) is 0 Å². The molecule has 2 aromatic carbocycles. The van der Waals surface area contributed by atoms with Gasteiger partial charge in [-0.25, -0.2) is 4.79 Å². The first-order valence-electron chi connectivity index (χ1n) is 8.39. The van der Waals surface area contributed by atoms with Crippen LogP contribution in [0.5, 0.6) is 0 Å². The topological polar surface area (TPSA) is 121 Å². The van der Waals surface area contributed by atoms with Gasteiger partial charge in [-0.3, -0.25) is 4.79 Å². The summed E-state index contributed by atoms with van der Waals surface area (Å²) in [6.45, 7) is 3.69. The zero-order chi connectivity index (χ0) is 19.0. The van der Waals surface area contributed by atoms with Gasteiger partial charge in [0.25, 0.3) is 5.91 Å². The lowest BCUT2D eigenvalue weighted by atomic mass is 10.1. The van der Waals surface area contributed by atoms with Gasteiger partial charge in [-0.2, -0.15) is 4.80 Å². The molecule has 0 bridgehead atoms. The molecule has 2 heterocycles. The van der Waals surface area contributed by atoms with Crippen LogP contribution in [0.2, 0.25) is 0 Å². The van der Waals surface area contributed by atoms with E-state index in [1.54, 1.807) is 25.1 Å². The number of carbonyl (C=O) groups excluding carboxylic acids is 1. The van der Waals surface area contributed by atoms with E-state index in [2.05, 4.69) is 30.7 Å². The van der Waals surface area contributed by atoms with Crippen molar-refractivity contribution in [3.05, 3.63) is 58.5 Å². The molecule has 0 aliphatic rings. The third-order valence-corrected chi connectivity index (χ3v) is 4.25. The van der Waals surface area contributed by atoms with Crippen LogP contribution in [0.1, 0.15) is 18.5 Å². The Balaban J connectivity index is 1.51. The van der Waals surface area contributed by atoms with Crippen LogP contribution in [0.25, 0.3) is 22.4 Å². The number of imidazole rings is 1. The van der Waals surface area contributed by atoms with Gasteiger partial charge in [-0.1, -0.05) is 29.8 Å². The Kier molecular flexibility index (Phi) is 4.03. The second kappa shape index (κ2) is 6.52. The zero-order valence-electron chi connectivity index (χ0n) is 14.7. The molecule has 0 spiro atoms. The number of aromatic nitrogens is 6. The number of benzene rings is 2. The molecule has 1 atom stereocenters. The third kappa shape index (κ3) is 3.34. The molecule has 0 aliphatic carbocycles. The van der Waals surface area contributed by atoms with Crippen molar-refractivity contribution < 1.29 is 4.79 Å². The average molecular weight is 363 g/mol. The lowest BCUT2D eigenvalue weighted by molar-refractivity contribution is -0.119. The number of anilines is 1. The minimum Gasteiger partial charge on any atom is -0.324 e. The molecule has 1 amide bonds. The molecule has 3 N–H and O–H groups in total. The van der Waals surface area contributed by atoms with Crippen molar-refractivity contribution in [2.24, 2.45) is 0 Å². The van der Waals surface area contributed by atoms with Gasteiger partial charge in [0, 0.05) is 11.3 Å². The molecule has 4 aromatic rings. The van der Waals surface area contributed by atoms with Crippen molar-refractivity contribution >= 4 is 22.6 Å². The number of amides is 1. The van der Waals surface area contributed by atoms with Crippen molar-refractivity contribution in [1.82, 2.24) is 30.2 Å². The van der Waals surface area contributed by atoms with E-state index in [1.807, 2.05) is 31.2 Å². The van der Waals surface area contributed by atoms with E-state index in [-0.39, 0.29) is 11.6 Å². The number of nitrogens with one attached hydrogen (secondary N) is 3. The molecule has 9 nitrogen and oxygen atoms in total. The summed E-state index contributed by atoms with van der Waals surface area (Å²) in [5, 5.41) is 15.1. The Hall–Kier alpha value is -3.75. The Morgan fingerprint density at radius 3 is 2.63 bits per heavy atom. The van der Waals surface area contributed by atoms with Gasteiger partial charge < -0.3 is 15.3 Å². The van der Waals surface area contributed by atoms with Gasteiger partial charge in [-0.15, -0.1) is 10.2 Å². The number of hydrogen-bond acceptors (Lipinski definition) is 5. The quantitative estimate of drug-likeness (QED) is 0.512. The van der Waals surface area contributed by atoms with E-state index in [0.29, 0.717) is 22.5 Å². The average Bonchev–Trinajstić information content (AvgIpc) is 3.27. The highest BCUT2D eigenvalue weighted by molar-refractivity contribution is 5.95. The summed E-state index contributed by atoms with van der Waals surface area (Å²) >= 11 is 0. The second-order valence-electron chi connectivity index (χ2n) is 6.30. The summed E-state index contributed by atoms with van der Waals surface area (Å²) in [7, 11) is 0. The predicted molar refractivity (Wildman–Crippen MR) is 100 cm³/mol. The molecule has 4 rings (SSSR count). The van der Waals surface area contributed by atoms with Crippen LogP contribution in [0, 0.1) is 6.92 Å². The molecule has 0 saturated heterocycles. The highest BCUT2D eigenvalue weighted by atomic mass is 16.2. The highest BCUT2D eigenvalue weighted by Crippen LogP contribution is 2.18. The van der Waals surface area contributed by atoms with Crippen molar-refractivity contribution in [2.45, 2.75) is 19.9 Å². The Bertz CT molecular complexity index is 1170. The zero-order valence-corrected chi connectivity index (χ0v) is 14.7. The number of carbonyl (C=O) groups is 1. The van der Waals surface area contributed by atoms with Gasteiger partial charge in [-0.05, 0) is 37.3 Å². The lowest BCUT2D eigenvalue weighted by Gasteiger charge is -2.10. The van der Waals surface area contributed by atoms with E-state index < -0.39 is 6.04 Å². The van der Waals surface area contributed by atoms with Crippen LogP contribution in [0.3, 0.4) is 0 Å². The first kappa shape index (κ1) is 16.7. The number of aryl methyl sites for hydroxylation is 1. The first-order chi connectivity index (χ1) is 13.0. The van der Waals surface area contributed by atoms with E-state index in [9.17, 15) is 9.59 Å². The maximum atomic E-state index is 12.5. The van der Waals surface area contributed by atoms with E-state index in [0.717, 1.165) is 11.1 Å². The maximum absolute atomic E-state index is 12.5. The molecule has 0 saturated carbocycles. The molecule has 2 aromatic heterocycles. The summed E-state index contributed by atoms with van der Waals surface area (Å²) in [6.07, 6.45) is 0. The predicted octanol–water partition coefficient (Wildman–Crippen LogP) is 2.02. The first-order valence-corrected chi connectivity index (χ1v) is 8.39. The summed E-state index contributed by atoms with van der Waals surface area (Å²) in [5.74, 6) is 0.168. The summed E-state index contributed by atoms with van der Waals surface area (Å²) < 4.78 is 0. The number of fused-ring (bicyclic) bond motifs is 1. The van der Waals surface area contributed by atoms with Gasteiger partial charge in [0.2, 0.25) is 5.82 Å². The molecule has 0 aliphatic heterocycles. The summed E-state index contributed by atoms with van der Waals surface area (Å²) in [5.41, 5.74) is 3.53.